The largest absolute Gasteiger partial charge is 0.452 e. The molecule has 2 aromatic carbocycles. The molecular formula is C26H23FN4O4. The predicted octanol–water partition coefficient (Wildman–Crippen LogP) is 3.28. The number of esters is 1. The van der Waals surface area contributed by atoms with Crippen molar-refractivity contribution < 1.29 is 23.5 Å². The molecule has 178 valence electrons. The molecule has 1 amide bonds. The summed E-state index contributed by atoms with van der Waals surface area (Å²) in [4.78, 5) is 37.4. The fourth-order valence-corrected chi connectivity index (χ4v) is 3.57. The Morgan fingerprint density at radius 3 is 2.34 bits per heavy atom. The molecule has 4 rings (SSSR count). The molecule has 0 bridgehead atoms. The van der Waals surface area contributed by atoms with E-state index in [0.29, 0.717) is 17.9 Å². The second-order valence-corrected chi connectivity index (χ2v) is 7.86. The van der Waals surface area contributed by atoms with Crippen molar-refractivity contribution in [1.82, 2.24) is 19.7 Å². The average molecular weight is 474 g/mol. The normalized spacial score (nSPS) is 11.6. The average Bonchev–Trinajstić information content (AvgIpc) is 3.53. The Morgan fingerprint density at radius 2 is 1.69 bits per heavy atom. The molecule has 35 heavy (non-hydrogen) atoms. The lowest BCUT2D eigenvalue weighted by atomic mass is 10.0. The number of Topliss-reactive ketones (excluding diaryl/α,β-unsaturated/α-hetero) is 1. The van der Waals surface area contributed by atoms with Gasteiger partial charge in [-0.05, 0) is 55.3 Å². The van der Waals surface area contributed by atoms with Crippen LogP contribution < -0.4 is 5.32 Å². The van der Waals surface area contributed by atoms with E-state index in [1.165, 1.54) is 42.1 Å². The van der Waals surface area contributed by atoms with E-state index >= 15 is 0 Å². The van der Waals surface area contributed by atoms with Crippen molar-refractivity contribution in [2.45, 2.75) is 19.4 Å². The maximum Gasteiger partial charge on any atom is 0.344 e. The molecule has 9 heteroatoms. The van der Waals surface area contributed by atoms with Gasteiger partial charge in [0.25, 0.3) is 5.91 Å². The highest BCUT2D eigenvalue weighted by atomic mass is 19.1. The maximum absolute atomic E-state index is 13.4. The molecule has 0 aliphatic carbocycles. The predicted molar refractivity (Wildman–Crippen MR) is 126 cm³/mol. The zero-order valence-corrected chi connectivity index (χ0v) is 18.9. The van der Waals surface area contributed by atoms with Crippen molar-refractivity contribution in [3.63, 3.8) is 0 Å². The molecule has 0 saturated carbocycles. The van der Waals surface area contributed by atoms with Gasteiger partial charge in [-0.1, -0.05) is 30.3 Å². The van der Waals surface area contributed by atoms with E-state index in [-0.39, 0.29) is 11.3 Å². The fourth-order valence-electron chi connectivity index (χ4n) is 3.57. The molecule has 0 saturated heterocycles. The van der Waals surface area contributed by atoms with Gasteiger partial charge in [-0.15, -0.1) is 0 Å². The van der Waals surface area contributed by atoms with Gasteiger partial charge >= 0.3 is 5.97 Å². The van der Waals surface area contributed by atoms with Crippen molar-refractivity contribution in [3.05, 3.63) is 102 Å². The van der Waals surface area contributed by atoms with Crippen LogP contribution in [0.1, 0.15) is 22.8 Å². The molecule has 2 aromatic heterocycles. The minimum absolute atomic E-state index is 0.116. The second-order valence-electron chi connectivity index (χ2n) is 7.86. The van der Waals surface area contributed by atoms with E-state index in [1.807, 2.05) is 30.3 Å². The van der Waals surface area contributed by atoms with Crippen LogP contribution in [0.5, 0.6) is 0 Å². The fraction of sp³-hybridized carbons (Fsp3) is 0.154. The maximum atomic E-state index is 13.4. The van der Waals surface area contributed by atoms with Crippen LogP contribution >= 0.6 is 0 Å². The van der Waals surface area contributed by atoms with E-state index in [2.05, 4.69) is 10.4 Å². The van der Waals surface area contributed by atoms with Gasteiger partial charge in [0, 0.05) is 12.4 Å². The van der Waals surface area contributed by atoms with E-state index in [4.69, 9.17) is 4.74 Å². The van der Waals surface area contributed by atoms with Crippen molar-refractivity contribution in [3.8, 4) is 11.5 Å². The van der Waals surface area contributed by atoms with Gasteiger partial charge in [-0.3, -0.25) is 9.59 Å². The first-order chi connectivity index (χ1) is 16.9. The number of benzene rings is 2. The number of hydrogen-bond donors (Lipinski definition) is 1. The lowest BCUT2D eigenvalue weighted by Gasteiger charge is -2.16. The summed E-state index contributed by atoms with van der Waals surface area (Å²) in [5.74, 6) is -1.59. The molecule has 2 heterocycles. The number of halogens is 1. The summed E-state index contributed by atoms with van der Waals surface area (Å²) < 4.78 is 21.8. The van der Waals surface area contributed by atoms with Crippen molar-refractivity contribution in [2.24, 2.45) is 0 Å². The molecule has 1 atom stereocenters. The van der Waals surface area contributed by atoms with E-state index < -0.39 is 30.3 Å². The first-order valence-electron chi connectivity index (χ1n) is 10.9. The van der Waals surface area contributed by atoms with Crippen LogP contribution in [0.3, 0.4) is 0 Å². The topological polar surface area (TPSA) is 95.2 Å². The number of carbonyl (C=O) groups excluding carboxylic acids is 3. The summed E-state index contributed by atoms with van der Waals surface area (Å²) in [6, 6.07) is 17.8. The molecular weight excluding hydrogens is 451 g/mol. The molecule has 4 aromatic rings. The van der Waals surface area contributed by atoms with Gasteiger partial charge in [0.05, 0.1) is 17.9 Å². The van der Waals surface area contributed by atoms with Crippen LogP contribution in [-0.4, -0.2) is 44.7 Å². The van der Waals surface area contributed by atoms with Gasteiger partial charge in [-0.2, -0.15) is 5.10 Å². The van der Waals surface area contributed by atoms with Crippen molar-refractivity contribution in [2.75, 3.05) is 6.61 Å². The Labute approximate surface area is 200 Å². The Kier molecular flexibility index (Phi) is 7.15. The smallest absolute Gasteiger partial charge is 0.344 e. The zero-order chi connectivity index (χ0) is 24.8. The first-order valence-corrected chi connectivity index (χ1v) is 10.9. The number of nitrogens with zero attached hydrogens (tertiary/aromatic N) is 3. The Balaban J connectivity index is 1.47. The Morgan fingerprint density at radius 1 is 1.00 bits per heavy atom. The quantitative estimate of drug-likeness (QED) is 0.376. The Hall–Kier alpha value is -4.53. The molecule has 1 N–H and O–H groups in total. The Bertz CT molecular complexity index is 1320. The lowest BCUT2D eigenvalue weighted by Crippen LogP contribution is -2.43. The van der Waals surface area contributed by atoms with Gasteiger partial charge in [0.1, 0.15) is 11.4 Å². The van der Waals surface area contributed by atoms with Crippen molar-refractivity contribution >= 4 is 17.7 Å². The van der Waals surface area contributed by atoms with Crippen LogP contribution in [-0.2, 0) is 20.7 Å². The number of ether oxygens (including phenoxy) is 1. The van der Waals surface area contributed by atoms with E-state index in [0.717, 1.165) is 5.56 Å². The zero-order valence-electron chi connectivity index (χ0n) is 18.9. The number of aromatic nitrogens is 3. The first kappa shape index (κ1) is 23.6. The van der Waals surface area contributed by atoms with Crippen LogP contribution in [0.15, 0.2) is 85.3 Å². The second kappa shape index (κ2) is 10.6. The van der Waals surface area contributed by atoms with Crippen LogP contribution in [0.2, 0.25) is 0 Å². The molecule has 8 nitrogen and oxygen atoms in total. The molecule has 0 spiro atoms. The van der Waals surface area contributed by atoms with Gasteiger partial charge in [0.15, 0.2) is 18.2 Å². The number of ketones is 1. The van der Waals surface area contributed by atoms with Crippen LogP contribution in [0.25, 0.3) is 11.5 Å². The lowest BCUT2D eigenvalue weighted by molar-refractivity contribution is -0.128. The number of carbonyl (C=O) groups is 3. The summed E-state index contributed by atoms with van der Waals surface area (Å²) in [5, 5.41) is 6.89. The van der Waals surface area contributed by atoms with Crippen LogP contribution in [0, 0.1) is 5.82 Å². The summed E-state index contributed by atoms with van der Waals surface area (Å²) in [6.45, 7) is 0.831. The summed E-state index contributed by atoms with van der Waals surface area (Å²) >= 11 is 0. The number of amides is 1. The number of nitrogens with one attached hydrogen (secondary N) is 1. The monoisotopic (exact) mass is 474 g/mol. The summed E-state index contributed by atoms with van der Waals surface area (Å²) in [6.07, 6.45) is 5.11. The minimum atomic E-state index is -0.764. The SMILES string of the molecule is CC(=O)C(Cc1ccccc1)NC(=O)COC(=O)c1cnn(-c2ccc(F)cc2)c1-n1cccc1. The van der Waals surface area contributed by atoms with Gasteiger partial charge in [0.2, 0.25) is 0 Å². The van der Waals surface area contributed by atoms with Gasteiger partial charge < -0.3 is 14.6 Å². The highest BCUT2D eigenvalue weighted by molar-refractivity contribution is 5.95. The third-order valence-electron chi connectivity index (χ3n) is 5.33. The van der Waals surface area contributed by atoms with Crippen molar-refractivity contribution in [1.29, 1.82) is 0 Å². The van der Waals surface area contributed by atoms with E-state index in [1.54, 1.807) is 29.1 Å². The third-order valence-corrected chi connectivity index (χ3v) is 5.33. The summed E-state index contributed by atoms with van der Waals surface area (Å²) in [7, 11) is 0. The number of hydrogen-bond acceptors (Lipinski definition) is 5. The molecule has 0 fully saturated rings. The molecule has 0 aliphatic heterocycles. The molecule has 1 unspecified atom stereocenters. The standard InChI is InChI=1S/C26H23FN4O4/c1-18(32)23(15-19-7-3-2-4-8-19)29-24(33)17-35-26(34)22-16-28-31(21-11-9-20(27)10-12-21)25(22)30-13-5-6-14-30/h2-14,16,23H,15,17H2,1H3,(H,29,33). The van der Waals surface area contributed by atoms with Gasteiger partial charge in [-0.25, -0.2) is 13.9 Å². The highest BCUT2D eigenvalue weighted by Crippen LogP contribution is 2.21. The highest BCUT2D eigenvalue weighted by Gasteiger charge is 2.23. The number of rotatable bonds is 9. The third kappa shape index (κ3) is 5.70. The minimum Gasteiger partial charge on any atom is -0.452 e. The van der Waals surface area contributed by atoms with E-state index in [9.17, 15) is 18.8 Å². The molecule has 0 aliphatic rings. The summed E-state index contributed by atoms with van der Waals surface area (Å²) in [5.41, 5.74) is 1.55. The molecule has 0 radical (unpaired) electrons. The van der Waals surface area contributed by atoms with Crippen LogP contribution in [0.4, 0.5) is 4.39 Å².